The van der Waals surface area contributed by atoms with E-state index in [9.17, 15) is 9.59 Å². The third-order valence-corrected chi connectivity index (χ3v) is 1.61. The first-order valence-corrected chi connectivity index (χ1v) is 3.63. The highest BCUT2D eigenvalue weighted by Gasteiger charge is 2.06. The van der Waals surface area contributed by atoms with Gasteiger partial charge >= 0.3 is 0 Å². The fourth-order valence-electron chi connectivity index (χ4n) is 1.02. The summed E-state index contributed by atoms with van der Waals surface area (Å²) < 4.78 is 0. The van der Waals surface area contributed by atoms with Crippen molar-refractivity contribution in [3.8, 4) is 0 Å². The van der Waals surface area contributed by atoms with Crippen molar-refractivity contribution in [2.45, 2.75) is 0 Å². The van der Waals surface area contributed by atoms with Gasteiger partial charge in [0.25, 0.3) is 11.1 Å². The molecule has 6 N–H and O–H groups in total. The summed E-state index contributed by atoms with van der Waals surface area (Å²) in [5, 5.41) is 0. The molecule has 0 amide bonds. The standard InChI is InChI=1S/C6H6N6O2/c7-2-5(14)10-3-1(9-2)4(13)12-6(8)11-3/h(H2,7,9)(H4,8,10,11,12,13,14). The highest BCUT2D eigenvalue weighted by Crippen LogP contribution is 1.99. The molecule has 0 spiro atoms. The predicted molar refractivity (Wildman–Crippen MR) is 49.6 cm³/mol. The van der Waals surface area contributed by atoms with E-state index >= 15 is 0 Å². The van der Waals surface area contributed by atoms with Gasteiger partial charge in [-0.05, 0) is 0 Å². The number of aromatic amines is 2. The Morgan fingerprint density at radius 1 is 1.00 bits per heavy atom. The first kappa shape index (κ1) is 8.23. The summed E-state index contributed by atoms with van der Waals surface area (Å²) in [6.07, 6.45) is 0. The van der Waals surface area contributed by atoms with Gasteiger partial charge in [0.15, 0.2) is 17.0 Å². The highest BCUT2D eigenvalue weighted by molar-refractivity contribution is 5.70. The van der Waals surface area contributed by atoms with Gasteiger partial charge in [-0.2, -0.15) is 4.98 Å². The van der Waals surface area contributed by atoms with Crippen LogP contribution in [-0.4, -0.2) is 19.9 Å². The van der Waals surface area contributed by atoms with Crippen LogP contribution in [0.4, 0.5) is 11.8 Å². The summed E-state index contributed by atoms with van der Waals surface area (Å²) in [6, 6.07) is 0. The summed E-state index contributed by atoms with van der Waals surface area (Å²) in [7, 11) is 0. The number of H-pyrrole nitrogens is 2. The molecule has 0 aliphatic heterocycles. The number of nitrogens with one attached hydrogen (secondary N) is 2. The Kier molecular flexibility index (Phi) is 1.50. The summed E-state index contributed by atoms with van der Waals surface area (Å²) >= 11 is 0. The van der Waals surface area contributed by atoms with Gasteiger partial charge in [0.2, 0.25) is 5.95 Å². The molecule has 0 radical (unpaired) electrons. The Balaban J connectivity index is 3.04. The Hall–Kier alpha value is -2.38. The number of hydrogen-bond donors (Lipinski definition) is 4. The molecule has 0 aliphatic rings. The van der Waals surface area contributed by atoms with E-state index in [0.29, 0.717) is 0 Å². The molecule has 2 aromatic rings. The van der Waals surface area contributed by atoms with E-state index in [0.717, 1.165) is 0 Å². The first-order chi connectivity index (χ1) is 6.58. The maximum absolute atomic E-state index is 11.2. The van der Waals surface area contributed by atoms with Crippen LogP contribution in [0.15, 0.2) is 9.59 Å². The van der Waals surface area contributed by atoms with Crippen LogP contribution in [0.1, 0.15) is 0 Å². The van der Waals surface area contributed by atoms with Crippen molar-refractivity contribution in [1.82, 2.24) is 19.9 Å². The number of aromatic nitrogens is 4. The van der Waals surface area contributed by atoms with Crippen LogP contribution >= 0.6 is 0 Å². The number of nitrogens with two attached hydrogens (primary N) is 2. The lowest BCUT2D eigenvalue weighted by Crippen LogP contribution is -2.20. The van der Waals surface area contributed by atoms with E-state index in [1.165, 1.54) is 0 Å². The van der Waals surface area contributed by atoms with Gasteiger partial charge in [0, 0.05) is 0 Å². The summed E-state index contributed by atoms with van der Waals surface area (Å²) in [5.41, 5.74) is 9.32. The zero-order valence-corrected chi connectivity index (χ0v) is 6.87. The fraction of sp³-hybridized carbons (Fsp3) is 0. The molecule has 0 bridgehead atoms. The van der Waals surface area contributed by atoms with Gasteiger partial charge in [-0.25, -0.2) is 4.98 Å². The minimum absolute atomic E-state index is 0.0189. The molecular weight excluding hydrogens is 188 g/mol. The molecule has 2 heterocycles. The van der Waals surface area contributed by atoms with Crippen molar-refractivity contribution >= 4 is 22.9 Å². The Labute approximate surface area is 76.0 Å². The van der Waals surface area contributed by atoms with Crippen molar-refractivity contribution in [1.29, 1.82) is 0 Å². The summed E-state index contributed by atoms with van der Waals surface area (Å²) in [4.78, 5) is 34.1. The van der Waals surface area contributed by atoms with Crippen LogP contribution in [0, 0.1) is 0 Å². The van der Waals surface area contributed by atoms with E-state index in [1.54, 1.807) is 0 Å². The molecule has 8 heteroatoms. The molecule has 8 nitrogen and oxygen atoms in total. The fourth-order valence-corrected chi connectivity index (χ4v) is 1.02. The van der Waals surface area contributed by atoms with E-state index in [2.05, 4.69) is 19.9 Å². The molecule has 0 atom stereocenters. The third-order valence-electron chi connectivity index (χ3n) is 1.61. The van der Waals surface area contributed by atoms with Crippen LogP contribution in [0.25, 0.3) is 11.2 Å². The molecule has 0 saturated heterocycles. The van der Waals surface area contributed by atoms with Crippen LogP contribution < -0.4 is 22.6 Å². The number of hydrogen-bond acceptors (Lipinski definition) is 6. The van der Waals surface area contributed by atoms with Gasteiger partial charge in [-0.15, -0.1) is 0 Å². The second-order valence-electron chi connectivity index (χ2n) is 2.60. The first-order valence-electron chi connectivity index (χ1n) is 3.63. The van der Waals surface area contributed by atoms with Crippen LogP contribution in [-0.2, 0) is 0 Å². The molecule has 0 unspecified atom stereocenters. The maximum Gasteiger partial charge on any atom is 0.292 e. The average Bonchev–Trinajstić information content (AvgIpc) is 2.08. The molecular formula is C6H6N6O2. The average molecular weight is 194 g/mol. The van der Waals surface area contributed by atoms with Gasteiger partial charge in [-0.3, -0.25) is 14.6 Å². The van der Waals surface area contributed by atoms with Gasteiger partial charge < -0.3 is 16.5 Å². The number of fused-ring (bicyclic) bond motifs is 1. The molecule has 14 heavy (non-hydrogen) atoms. The van der Waals surface area contributed by atoms with Gasteiger partial charge in [0.1, 0.15) is 0 Å². The van der Waals surface area contributed by atoms with Gasteiger partial charge in [-0.1, -0.05) is 0 Å². The van der Waals surface area contributed by atoms with Gasteiger partial charge in [0.05, 0.1) is 0 Å². The third kappa shape index (κ3) is 1.09. The Morgan fingerprint density at radius 2 is 1.71 bits per heavy atom. The smallest absolute Gasteiger partial charge is 0.292 e. The van der Waals surface area contributed by atoms with Crippen LogP contribution in [0.3, 0.4) is 0 Å². The van der Waals surface area contributed by atoms with E-state index < -0.39 is 11.1 Å². The molecule has 2 aromatic heterocycles. The zero-order chi connectivity index (χ0) is 10.3. The highest BCUT2D eigenvalue weighted by atomic mass is 16.1. The monoisotopic (exact) mass is 194 g/mol. The second-order valence-corrected chi connectivity index (χ2v) is 2.60. The quantitative estimate of drug-likeness (QED) is 0.388. The lowest BCUT2D eigenvalue weighted by atomic mass is 10.5. The lowest BCUT2D eigenvalue weighted by Gasteiger charge is -1.97. The van der Waals surface area contributed by atoms with Crippen molar-refractivity contribution in [2.75, 3.05) is 11.5 Å². The normalized spacial score (nSPS) is 10.6. The van der Waals surface area contributed by atoms with Crippen LogP contribution in [0.2, 0.25) is 0 Å². The lowest BCUT2D eigenvalue weighted by molar-refractivity contribution is 1.11. The van der Waals surface area contributed by atoms with Crippen molar-refractivity contribution < 1.29 is 0 Å². The minimum Gasteiger partial charge on any atom is -0.379 e. The largest absolute Gasteiger partial charge is 0.379 e. The molecule has 0 saturated carbocycles. The zero-order valence-electron chi connectivity index (χ0n) is 6.87. The van der Waals surface area contributed by atoms with Crippen molar-refractivity contribution in [3.05, 3.63) is 20.7 Å². The Morgan fingerprint density at radius 3 is 2.43 bits per heavy atom. The predicted octanol–water partition coefficient (Wildman–Crippen LogP) is -1.83. The van der Waals surface area contributed by atoms with Crippen molar-refractivity contribution in [3.63, 3.8) is 0 Å². The van der Waals surface area contributed by atoms with E-state index in [-0.39, 0.29) is 22.9 Å². The maximum atomic E-state index is 11.2. The van der Waals surface area contributed by atoms with E-state index in [1.807, 2.05) is 0 Å². The topological polar surface area (TPSA) is 144 Å². The van der Waals surface area contributed by atoms with Crippen molar-refractivity contribution in [2.24, 2.45) is 0 Å². The van der Waals surface area contributed by atoms with E-state index in [4.69, 9.17) is 11.5 Å². The number of anilines is 2. The molecule has 72 valence electrons. The molecule has 2 rings (SSSR count). The number of nitrogens with zero attached hydrogens (tertiary/aromatic N) is 2. The summed E-state index contributed by atoms with van der Waals surface area (Å²) in [6.45, 7) is 0. The summed E-state index contributed by atoms with van der Waals surface area (Å²) in [5.74, 6) is -0.376. The number of nitrogen functional groups attached to an aromatic ring is 2. The molecule has 0 fully saturated rings. The minimum atomic E-state index is -0.602. The second kappa shape index (κ2) is 2.55. The Bertz CT molecular complexity index is 612. The number of rotatable bonds is 0. The SMILES string of the molecule is Nc1nc2[nH]c(=O)c(N)nc2c(=O)[nH]1. The van der Waals surface area contributed by atoms with Crippen LogP contribution in [0.5, 0.6) is 0 Å². The molecule has 0 aliphatic carbocycles. The molecule has 0 aromatic carbocycles.